The van der Waals surface area contributed by atoms with Crippen LogP contribution >= 0.6 is 11.3 Å². The molecule has 0 saturated heterocycles. The number of rotatable bonds is 8. The highest BCUT2D eigenvalue weighted by molar-refractivity contribution is 7.07. The molecule has 36 heavy (non-hydrogen) atoms. The van der Waals surface area contributed by atoms with Crippen molar-refractivity contribution in [2.24, 2.45) is 4.99 Å². The van der Waals surface area contributed by atoms with Gasteiger partial charge in [-0.05, 0) is 56.7 Å². The highest BCUT2D eigenvalue weighted by Gasteiger charge is 2.35. The van der Waals surface area contributed by atoms with Crippen LogP contribution < -0.4 is 29.1 Å². The molecule has 1 aliphatic heterocycles. The fourth-order valence-electron chi connectivity index (χ4n) is 4.11. The lowest BCUT2D eigenvalue weighted by atomic mass is 9.95. The maximum atomic E-state index is 13.7. The number of aromatic nitrogens is 1. The van der Waals surface area contributed by atoms with Gasteiger partial charge in [0.15, 0.2) is 4.80 Å². The average molecular weight is 509 g/mol. The summed E-state index contributed by atoms with van der Waals surface area (Å²) < 4.78 is 23.9. The number of esters is 1. The van der Waals surface area contributed by atoms with Crippen LogP contribution in [0, 0.1) is 0 Å². The van der Waals surface area contributed by atoms with Crippen LogP contribution in [0.1, 0.15) is 37.9 Å². The van der Waals surface area contributed by atoms with Gasteiger partial charge in [-0.15, -0.1) is 0 Å². The SMILES string of the molecule is CCOC(=O)C1=C(C)N=c2s/c(=C\c3ccc(OCC)cc3)c(=O)n2[C@@H]1c1ccc(OC)cc1OC. The molecular weight excluding hydrogens is 480 g/mol. The summed E-state index contributed by atoms with van der Waals surface area (Å²) in [5.74, 6) is 1.31. The van der Waals surface area contributed by atoms with E-state index in [0.717, 1.165) is 11.3 Å². The average Bonchev–Trinajstić information content (AvgIpc) is 3.18. The number of ether oxygens (including phenoxy) is 4. The predicted octanol–water partition coefficient (Wildman–Crippen LogP) is 3.21. The fourth-order valence-corrected chi connectivity index (χ4v) is 5.16. The summed E-state index contributed by atoms with van der Waals surface area (Å²) in [4.78, 5) is 31.9. The van der Waals surface area contributed by atoms with Gasteiger partial charge in [0.05, 0.1) is 43.2 Å². The van der Waals surface area contributed by atoms with Crippen LogP contribution in [0.5, 0.6) is 17.2 Å². The molecule has 8 nitrogen and oxygen atoms in total. The first-order valence-electron chi connectivity index (χ1n) is 11.6. The molecule has 2 heterocycles. The summed E-state index contributed by atoms with van der Waals surface area (Å²) in [5.41, 5.74) is 2.00. The van der Waals surface area contributed by atoms with E-state index in [0.29, 0.717) is 44.3 Å². The number of fused-ring (bicyclic) bond motifs is 1. The summed E-state index contributed by atoms with van der Waals surface area (Å²) in [5, 5.41) is 0. The summed E-state index contributed by atoms with van der Waals surface area (Å²) >= 11 is 1.27. The van der Waals surface area contributed by atoms with Crippen molar-refractivity contribution in [3.63, 3.8) is 0 Å². The highest BCUT2D eigenvalue weighted by Crippen LogP contribution is 2.37. The van der Waals surface area contributed by atoms with Crippen molar-refractivity contribution < 1.29 is 23.7 Å². The van der Waals surface area contributed by atoms with E-state index in [1.165, 1.54) is 23.0 Å². The molecule has 0 N–H and O–H groups in total. The summed E-state index contributed by atoms with van der Waals surface area (Å²) in [6.07, 6.45) is 1.81. The molecule has 1 aromatic heterocycles. The van der Waals surface area contributed by atoms with Crippen LogP contribution in [0.25, 0.3) is 6.08 Å². The van der Waals surface area contributed by atoms with Gasteiger partial charge in [0.2, 0.25) is 0 Å². The van der Waals surface area contributed by atoms with Gasteiger partial charge in [-0.1, -0.05) is 23.5 Å². The maximum Gasteiger partial charge on any atom is 0.338 e. The molecule has 0 spiro atoms. The van der Waals surface area contributed by atoms with Crippen LogP contribution in [-0.4, -0.2) is 38.0 Å². The van der Waals surface area contributed by atoms with E-state index in [4.69, 9.17) is 18.9 Å². The topological polar surface area (TPSA) is 88.4 Å². The normalized spacial score (nSPS) is 15.2. The monoisotopic (exact) mass is 508 g/mol. The van der Waals surface area contributed by atoms with E-state index >= 15 is 0 Å². The Hall–Kier alpha value is -3.85. The smallest absolute Gasteiger partial charge is 0.338 e. The second-order valence-electron chi connectivity index (χ2n) is 7.91. The molecule has 0 fully saturated rings. The van der Waals surface area contributed by atoms with Crippen LogP contribution in [0.3, 0.4) is 0 Å². The van der Waals surface area contributed by atoms with Gasteiger partial charge in [0.25, 0.3) is 5.56 Å². The maximum absolute atomic E-state index is 13.7. The van der Waals surface area contributed by atoms with Crippen molar-refractivity contribution in [3.05, 3.63) is 84.5 Å². The van der Waals surface area contributed by atoms with Crippen LogP contribution in [0.15, 0.2) is 63.5 Å². The lowest BCUT2D eigenvalue weighted by molar-refractivity contribution is -0.139. The van der Waals surface area contributed by atoms with E-state index < -0.39 is 12.0 Å². The fraction of sp³-hybridized carbons (Fsp3) is 0.296. The largest absolute Gasteiger partial charge is 0.497 e. The van der Waals surface area contributed by atoms with Crippen LogP contribution in [0.4, 0.5) is 0 Å². The van der Waals surface area contributed by atoms with E-state index in [-0.39, 0.29) is 12.2 Å². The van der Waals surface area contributed by atoms with Crippen molar-refractivity contribution in [3.8, 4) is 17.2 Å². The number of hydrogen-bond donors (Lipinski definition) is 0. The zero-order valence-electron chi connectivity index (χ0n) is 20.9. The van der Waals surface area contributed by atoms with E-state index in [1.807, 2.05) is 37.3 Å². The molecule has 0 aliphatic carbocycles. The third kappa shape index (κ3) is 4.79. The predicted molar refractivity (Wildman–Crippen MR) is 138 cm³/mol. The van der Waals surface area contributed by atoms with Crippen molar-refractivity contribution in [2.45, 2.75) is 26.8 Å². The number of carbonyl (C=O) groups excluding carboxylic acids is 1. The number of methoxy groups -OCH3 is 2. The van der Waals surface area contributed by atoms with Gasteiger partial charge < -0.3 is 18.9 Å². The van der Waals surface area contributed by atoms with E-state index in [1.54, 1.807) is 39.2 Å². The highest BCUT2D eigenvalue weighted by atomic mass is 32.1. The number of thiazole rings is 1. The van der Waals surface area contributed by atoms with Crippen molar-refractivity contribution in [2.75, 3.05) is 27.4 Å². The molecule has 1 atom stereocenters. The molecule has 0 unspecified atom stereocenters. The van der Waals surface area contributed by atoms with Crippen molar-refractivity contribution in [1.82, 2.24) is 4.57 Å². The quantitative estimate of drug-likeness (QED) is 0.434. The second-order valence-corrected chi connectivity index (χ2v) is 8.92. The minimum atomic E-state index is -0.774. The Kier molecular flexibility index (Phi) is 7.59. The summed E-state index contributed by atoms with van der Waals surface area (Å²) in [6, 6.07) is 12.0. The van der Waals surface area contributed by atoms with Gasteiger partial charge in [0.1, 0.15) is 23.3 Å². The molecule has 9 heteroatoms. The molecule has 4 rings (SSSR count). The lowest BCUT2D eigenvalue weighted by Crippen LogP contribution is -2.40. The summed E-state index contributed by atoms with van der Waals surface area (Å²) in [7, 11) is 3.10. The molecule has 0 radical (unpaired) electrons. The number of allylic oxidation sites excluding steroid dienone is 1. The molecule has 3 aromatic rings. The third-order valence-corrected chi connectivity index (χ3v) is 6.72. The zero-order valence-corrected chi connectivity index (χ0v) is 21.7. The Bertz CT molecular complexity index is 1480. The Labute approximate surface area is 212 Å². The van der Waals surface area contributed by atoms with Gasteiger partial charge in [0, 0.05) is 11.6 Å². The number of carbonyl (C=O) groups is 1. The lowest BCUT2D eigenvalue weighted by Gasteiger charge is -2.26. The standard InChI is InChI=1S/C27H28N2O6S/c1-6-34-18-10-8-17(9-11-18)14-22-25(30)29-24(20-13-12-19(32-4)15-21(20)33-5)23(26(31)35-7-2)16(3)28-27(29)36-22/h8-15,24H,6-7H2,1-5H3/b22-14-/t24-/m1/s1. The van der Waals surface area contributed by atoms with Crippen molar-refractivity contribution >= 4 is 23.4 Å². The number of nitrogens with zero attached hydrogens (tertiary/aromatic N) is 2. The molecule has 0 saturated carbocycles. The Morgan fingerprint density at radius 3 is 2.42 bits per heavy atom. The van der Waals surface area contributed by atoms with E-state index in [9.17, 15) is 9.59 Å². The van der Waals surface area contributed by atoms with Crippen LogP contribution in [-0.2, 0) is 9.53 Å². The minimum Gasteiger partial charge on any atom is -0.497 e. The molecule has 2 aromatic carbocycles. The zero-order chi connectivity index (χ0) is 25.8. The molecule has 1 aliphatic rings. The van der Waals surface area contributed by atoms with E-state index in [2.05, 4.69) is 4.99 Å². The molecule has 0 amide bonds. The Morgan fingerprint density at radius 2 is 1.78 bits per heavy atom. The first kappa shape index (κ1) is 25.2. The van der Waals surface area contributed by atoms with Crippen LogP contribution in [0.2, 0.25) is 0 Å². The Balaban J connectivity index is 1.93. The molecular formula is C27H28N2O6S. The first-order chi connectivity index (χ1) is 17.4. The Morgan fingerprint density at radius 1 is 1.06 bits per heavy atom. The third-order valence-electron chi connectivity index (χ3n) is 5.74. The van der Waals surface area contributed by atoms with Gasteiger partial charge in [-0.2, -0.15) is 0 Å². The second kappa shape index (κ2) is 10.8. The first-order valence-corrected chi connectivity index (χ1v) is 12.4. The molecule has 188 valence electrons. The van der Waals surface area contributed by atoms with Gasteiger partial charge in [-0.25, -0.2) is 9.79 Å². The molecule has 0 bridgehead atoms. The van der Waals surface area contributed by atoms with Gasteiger partial charge in [-0.3, -0.25) is 9.36 Å². The van der Waals surface area contributed by atoms with Gasteiger partial charge >= 0.3 is 5.97 Å². The van der Waals surface area contributed by atoms with Crippen molar-refractivity contribution in [1.29, 1.82) is 0 Å². The summed E-state index contributed by atoms with van der Waals surface area (Å²) in [6.45, 7) is 6.19. The minimum absolute atomic E-state index is 0.199. The number of benzene rings is 2. The number of hydrogen-bond acceptors (Lipinski definition) is 8.